The van der Waals surface area contributed by atoms with Gasteiger partial charge in [-0.05, 0) is 61.6 Å². The summed E-state index contributed by atoms with van der Waals surface area (Å²) in [5, 5.41) is 2.61. The third-order valence-corrected chi connectivity index (χ3v) is 9.25. The maximum atomic E-state index is 13.7. The van der Waals surface area contributed by atoms with E-state index in [4.69, 9.17) is 9.47 Å². The number of ether oxygens (including phenoxy) is 2. The van der Waals surface area contributed by atoms with E-state index in [1.807, 2.05) is 12.1 Å². The highest BCUT2D eigenvalue weighted by molar-refractivity contribution is 7.89. The van der Waals surface area contributed by atoms with Crippen LogP contribution < -0.4 is 5.32 Å². The fourth-order valence-electron chi connectivity index (χ4n) is 5.25. The average Bonchev–Trinajstić information content (AvgIpc) is 2.96. The van der Waals surface area contributed by atoms with Gasteiger partial charge in [-0.3, -0.25) is 19.2 Å². The molecule has 0 bridgehead atoms. The Labute approximate surface area is 239 Å². The fraction of sp³-hybridized carbons (Fsp3) is 0.448. The van der Waals surface area contributed by atoms with Crippen LogP contribution in [-0.4, -0.2) is 74.2 Å². The quantitative estimate of drug-likeness (QED) is 0.443. The molecule has 220 valence electrons. The van der Waals surface area contributed by atoms with E-state index in [0.717, 1.165) is 5.56 Å². The van der Waals surface area contributed by atoms with Crippen LogP contribution in [0.3, 0.4) is 0 Å². The standard InChI is InChI=1S/C29H35N3O8S/c1-3-39-29(36)22-12-15-31(16-13-22)27(34)19-40-28(35)18-26-25-7-5-4-6-21(25)14-17-32(26)41(37,38)24-10-8-23(9-11-24)30-20(2)33/h4-11,22,26H,3,12-19H2,1-2H3,(H,30,33). The maximum absolute atomic E-state index is 13.7. The van der Waals surface area contributed by atoms with E-state index < -0.39 is 28.6 Å². The second-order valence-corrected chi connectivity index (χ2v) is 11.9. The Morgan fingerprint density at radius 3 is 2.29 bits per heavy atom. The number of benzene rings is 2. The summed E-state index contributed by atoms with van der Waals surface area (Å²) >= 11 is 0. The molecule has 1 unspecified atom stereocenters. The Balaban J connectivity index is 1.42. The normalized spacial score (nSPS) is 17.8. The summed E-state index contributed by atoms with van der Waals surface area (Å²) < 4.78 is 39.1. The van der Waals surface area contributed by atoms with Gasteiger partial charge in [0, 0.05) is 32.2 Å². The van der Waals surface area contributed by atoms with Crippen molar-refractivity contribution in [3.05, 3.63) is 59.7 Å². The van der Waals surface area contributed by atoms with Crippen LogP contribution in [-0.2, 0) is 45.1 Å². The number of nitrogens with one attached hydrogen (secondary N) is 1. The highest BCUT2D eigenvalue weighted by atomic mass is 32.2. The molecule has 1 saturated heterocycles. The van der Waals surface area contributed by atoms with E-state index in [-0.39, 0.29) is 41.6 Å². The molecule has 2 aliphatic rings. The molecule has 0 aliphatic carbocycles. The number of hydrogen-bond donors (Lipinski definition) is 1. The van der Waals surface area contributed by atoms with Crippen LogP contribution >= 0.6 is 0 Å². The minimum atomic E-state index is -4.01. The summed E-state index contributed by atoms with van der Waals surface area (Å²) in [4.78, 5) is 50.5. The van der Waals surface area contributed by atoms with Crippen LogP contribution in [0.25, 0.3) is 0 Å². The summed E-state index contributed by atoms with van der Waals surface area (Å²) in [5.74, 6) is -1.84. The summed E-state index contributed by atoms with van der Waals surface area (Å²) in [7, 11) is -4.01. The summed E-state index contributed by atoms with van der Waals surface area (Å²) in [6.45, 7) is 3.85. The molecular weight excluding hydrogens is 550 g/mol. The van der Waals surface area contributed by atoms with E-state index in [0.29, 0.717) is 50.2 Å². The van der Waals surface area contributed by atoms with Crippen molar-refractivity contribution in [2.24, 2.45) is 5.92 Å². The van der Waals surface area contributed by atoms with Crippen LogP contribution in [0.5, 0.6) is 0 Å². The van der Waals surface area contributed by atoms with Gasteiger partial charge >= 0.3 is 11.9 Å². The first-order valence-electron chi connectivity index (χ1n) is 13.7. The van der Waals surface area contributed by atoms with Crippen molar-refractivity contribution >= 4 is 39.5 Å². The average molecular weight is 586 g/mol. The lowest BCUT2D eigenvalue weighted by Crippen LogP contribution is -2.43. The first-order chi connectivity index (χ1) is 19.6. The minimum absolute atomic E-state index is 0.0331. The zero-order valence-corrected chi connectivity index (χ0v) is 24.0. The molecule has 2 amide bonds. The van der Waals surface area contributed by atoms with Crippen molar-refractivity contribution in [3.8, 4) is 0 Å². The molecule has 2 aliphatic heterocycles. The van der Waals surface area contributed by atoms with Gasteiger partial charge in [-0.1, -0.05) is 24.3 Å². The predicted octanol–water partition coefficient (Wildman–Crippen LogP) is 2.67. The highest BCUT2D eigenvalue weighted by Crippen LogP contribution is 2.36. The van der Waals surface area contributed by atoms with Crippen molar-refractivity contribution < 1.29 is 37.1 Å². The number of anilines is 1. The van der Waals surface area contributed by atoms with E-state index in [9.17, 15) is 27.6 Å². The summed E-state index contributed by atoms with van der Waals surface area (Å²) in [6, 6.07) is 12.4. The van der Waals surface area contributed by atoms with Crippen LogP contribution in [0, 0.1) is 5.92 Å². The Morgan fingerprint density at radius 1 is 0.951 bits per heavy atom. The van der Waals surface area contributed by atoms with E-state index >= 15 is 0 Å². The Morgan fingerprint density at radius 2 is 1.63 bits per heavy atom. The molecule has 0 saturated carbocycles. The van der Waals surface area contributed by atoms with Crippen molar-refractivity contribution in [1.29, 1.82) is 0 Å². The third-order valence-electron chi connectivity index (χ3n) is 7.33. The molecule has 2 aromatic carbocycles. The fourth-order valence-corrected chi connectivity index (χ4v) is 6.86. The topological polar surface area (TPSA) is 139 Å². The number of fused-ring (bicyclic) bond motifs is 1. The Hall–Kier alpha value is -3.77. The summed E-state index contributed by atoms with van der Waals surface area (Å²) in [5.41, 5.74) is 2.12. The van der Waals surface area contributed by atoms with Crippen molar-refractivity contribution in [2.45, 2.75) is 50.5 Å². The first-order valence-corrected chi connectivity index (χ1v) is 15.1. The number of hydrogen-bond acceptors (Lipinski definition) is 8. The van der Waals surface area contributed by atoms with Crippen molar-refractivity contribution in [1.82, 2.24) is 9.21 Å². The van der Waals surface area contributed by atoms with E-state index in [2.05, 4.69) is 5.32 Å². The molecule has 2 aromatic rings. The predicted molar refractivity (Wildman–Crippen MR) is 149 cm³/mol. The van der Waals surface area contributed by atoms with Crippen LogP contribution in [0.2, 0.25) is 0 Å². The number of sulfonamides is 1. The molecule has 1 N–H and O–H groups in total. The maximum Gasteiger partial charge on any atom is 0.309 e. The van der Waals surface area contributed by atoms with Gasteiger partial charge in [0.05, 0.1) is 29.9 Å². The van der Waals surface area contributed by atoms with Crippen LogP contribution in [0.15, 0.2) is 53.4 Å². The molecule has 41 heavy (non-hydrogen) atoms. The largest absolute Gasteiger partial charge is 0.466 e. The molecule has 1 atom stereocenters. The molecule has 0 spiro atoms. The molecular formula is C29H35N3O8S. The van der Waals surface area contributed by atoms with Gasteiger partial charge in [0.15, 0.2) is 6.61 Å². The lowest BCUT2D eigenvalue weighted by molar-refractivity contribution is -0.155. The Bertz CT molecular complexity index is 1390. The van der Waals surface area contributed by atoms with Gasteiger partial charge in [0.2, 0.25) is 15.9 Å². The zero-order valence-electron chi connectivity index (χ0n) is 23.2. The second-order valence-electron chi connectivity index (χ2n) is 10.1. The second kappa shape index (κ2) is 13.3. The zero-order chi connectivity index (χ0) is 29.6. The van der Waals surface area contributed by atoms with Crippen LogP contribution in [0.4, 0.5) is 5.69 Å². The molecule has 11 nitrogen and oxygen atoms in total. The molecule has 0 aromatic heterocycles. The van der Waals surface area contributed by atoms with Crippen LogP contribution in [0.1, 0.15) is 50.3 Å². The molecule has 1 fully saturated rings. The van der Waals surface area contributed by atoms with Gasteiger partial charge in [-0.15, -0.1) is 0 Å². The van der Waals surface area contributed by atoms with E-state index in [1.165, 1.54) is 35.5 Å². The van der Waals surface area contributed by atoms with Crippen molar-refractivity contribution in [2.75, 3.05) is 38.2 Å². The minimum Gasteiger partial charge on any atom is -0.466 e. The van der Waals surface area contributed by atoms with Gasteiger partial charge in [-0.2, -0.15) is 4.31 Å². The van der Waals surface area contributed by atoms with Gasteiger partial charge in [-0.25, -0.2) is 8.42 Å². The van der Waals surface area contributed by atoms with Gasteiger partial charge in [0.25, 0.3) is 5.91 Å². The van der Waals surface area contributed by atoms with Gasteiger partial charge < -0.3 is 19.7 Å². The monoisotopic (exact) mass is 585 g/mol. The number of esters is 2. The number of likely N-dealkylation sites (tertiary alicyclic amines) is 1. The molecule has 4 rings (SSSR count). The number of rotatable bonds is 9. The number of nitrogens with zero attached hydrogens (tertiary/aromatic N) is 2. The lowest BCUT2D eigenvalue weighted by Gasteiger charge is -2.36. The van der Waals surface area contributed by atoms with E-state index in [1.54, 1.807) is 24.0 Å². The number of amides is 2. The highest BCUT2D eigenvalue weighted by Gasteiger charge is 2.38. The number of carbonyl (C=O) groups is 4. The Kier molecular flexibility index (Phi) is 9.77. The SMILES string of the molecule is CCOC(=O)C1CCN(C(=O)COC(=O)CC2c3ccccc3CCN2S(=O)(=O)c2ccc(NC(C)=O)cc2)CC1. The summed E-state index contributed by atoms with van der Waals surface area (Å²) in [6.07, 6.45) is 1.18. The van der Waals surface area contributed by atoms with Crippen molar-refractivity contribution in [3.63, 3.8) is 0 Å². The first kappa shape index (κ1) is 30.2. The molecule has 12 heteroatoms. The number of carbonyl (C=O) groups excluding carboxylic acids is 4. The molecule has 0 radical (unpaired) electrons. The number of piperidine rings is 1. The lowest BCUT2D eigenvalue weighted by atomic mass is 9.92. The molecule has 2 heterocycles. The van der Waals surface area contributed by atoms with Gasteiger partial charge in [0.1, 0.15) is 0 Å². The smallest absolute Gasteiger partial charge is 0.309 e. The third kappa shape index (κ3) is 7.31.